The molecule has 1 aliphatic carbocycles. The normalized spacial score (nSPS) is 20.6. The third-order valence-corrected chi connectivity index (χ3v) is 4.94. The maximum atomic E-state index is 12.8. The molecule has 1 heterocycles. The van der Waals surface area contributed by atoms with Crippen LogP contribution < -0.4 is 0 Å². The van der Waals surface area contributed by atoms with E-state index in [2.05, 4.69) is 33.0 Å². The Balaban J connectivity index is 1.67. The van der Waals surface area contributed by atoms with E-state index in [-0.39, 0.29) is 11.7 Å². The van der Waals surface area contributed by atoms with E-state index in [1.54, 1.807) is 0 Å². The number of aromatic amines is 1. The Labute approximate surface area is 131 Å². The van der Waals surface area contributed by atoms with Gasteiger partial charge in [-0.25, -0.2) is 0 Å². The Bertz CT molecular complexity index is 822. The zero-order valence-electron chi connectivity index (χ0n) is 11.3. The number of nitrogens with one attached hydrogen (secondary N) is 1. The zero-order chi connectivity index (χ0) is 14.4. The van der Waals surface area contributed by atoms with Gasteiger partial charge >= 0.3 is 0 Å². The summed E-state index contributed by atoms with van der Waals surface area (Å²) in [6, 6.07) is 16.3. The number of ketones is 1. The van der Waals surface area contributed by atoms with Crippen molar-refractivity contribution in [3.05, 3.63) is 70.3 Å². The van der Waals surface area contributed by atoms with E-state index in [0.717, 1.165) is 27.4 Å². The third kappa shape index (κ3) is 2.12. The second-order valence-corrected chi connectivity index (χ2v) is 6.44. The number of carbonyl (C=O) groups is 1. The van der Waals surface area contributed by atoms with Crippen LogP contribution in [0.2, 0.25) is 0 Å². The summed E-state index contributed by atoms with van der Waals surface area (Å²) in [5.41, 5.74) is 3.08. The highest BCUT2D eigenvalue weighted by molar-refractivity contribution is 9.10. The molecule has 2 aromatic carbocycles. The average molecular weight is 340 g/mol. The topological polar surface area (TPSA) is 32.9 Å². The van der Waals surface area contributed by atoms with Crippen molar-refractivity contribution in [1.29, 1.82) is 0 Å². The summed E-state index contributed by atoms with van der Waals surface area (Å²) in [4.78, 5) is 16.0. The van der Waals surface area contributed by atoms with Crippen LogP contribution in [0.4, 0.5) is 0 Å². The van der Waals surface area contributed by atoms with E-state index in [4.69, 9.17) is 0 Å². The maximum absolute atomic E-state index is 12.8. The summed E-state index contributed by atoms with van der Waals surface area (Å²) in [7, 11) is 0. The summed E-state index contributed by atoms with van der Waals surface area (Å²) in [5.74, 6) is 0.756. The van der Waals surface area contributed by atoms with E-state index in [1.165, 1.54) is 5.56 Å². The molecular weight excluding hydrogens is 326 g/mol. The quantitative estimate of drug-likeness (QED) is 0.675. The number of carbonyl (C=O) groups excluding carboxylic acids is 1. The molecule has 0 aliphatic heterocycles. The molecule has 1 aromatic heterocycles. The van der Waals surface area contributed by atoms with E-state index in [0.29, 0.717) is 5.92 Å². The summed E-state index contributed by atoms with van der Waals surface area (Å²) >= 11 is 3.55. The molecule has 0 spiro atoms. The molecule has 1 N–H and O–H groups in total. The lowest BCUT2D eigenvalue weighted by molar-refractivity contribution is 0.0967. The van der Waals surface area contributed by atoms with Gasteiger partial charge in [0.25, 0.3) is 0 Å². The van der Waals surface area contributed by atoms with Gasteiger partial charge in [-0.15, -0.1) is 0 Å². The minimum Gasteiger partial charge on any atom is -0.360 e. The second-order valence-electron chi connectivity index (χ2n) is 5.59. The summed E-state index contributed by atoms with van der Waals surface area (Å²) in [6.45, 7) is 0. The highest BCUT2D eigenvalue weighted by atomic mass is 79.9. The molecule has 2 nitrogen and oxygen atoms in total. The van der Waals surface area contributed by atoms with Gasteiger partial charge in [0.05, 0.1) is 0 Å². The van der Waals surface area contributed by atoms with Crippen LogP contribution in [0.15, 0.2) is 59.2 Å². The molecule has 1 aliphatic rings. The molecule has 104 valence electrons. The van der Waals surface area contributed by atoms with Crippen LogP contribution in [0.5, 0.6) is 0 Å². The Morgan fingerprint density at radius 2 is 1.90 bits per heavy atom. The van der Waals surface area contributed by atoms with Crippen molar-refractivity contribution in [3.8, 4) is 0 Å². The number of benzene rings is 2. The highest BCUT2D eigenvalue weighted by Gasteiger charge is 2.44. The predicted octanol–water partition coefficient (Wildman–Crippen LogP) is 4.92. The van der Waals surface area contributed by atoms with Crippen LogP contribution in [-0.2, 0) is 0 Å². The molecule has 3 heteroatoms. The summed E-state index contributed by atoms with van der Waals surface area (Å²) < 4.78 is 0.974. The van der Waals surface area contributed by atoms with Crippen LogP contribution in [0.1, 0.15) is 28.3 Å². The molecule has 0 radical (unpaired) electrons. The first-order valence-corrected chi connectivity index (χ1v) is 7.90. The fraction of sp³-hybridized carbons (Fsp3) is 0.167. The SMILES string of the molecule is O=C(c1c[nH]c2cccc(Br)c12)C1CC1c1ccccc1. The van der Waals surface area contributed by atoms with Gasteiger partial charge in [-0.3, -0.25) is 4.79 Å². The summed E-state index contributed by atoms with van der Waals surface area (Å²) in [6.07, 6.45) is 2.80. The minimum absolute atomic E-state index is 0.124. The fourth-order valence-electron chi connectivity index (χ4n) is 3.09. The van der Waals surface area contributed by atoms with Gasteiger partial charge in [-0.2, -0.15) is 0 Å². The van der Waals surface area contributed by atoms with Crippen molar-refractivity contribution < 1.29 is 4.79 Å². The molecule has 0 bridgehead atoms. The second kappa shape index (κ2) is 4.85. The van der Waals surface area contributed by atoms with E-state index in [9.17, 15) is 4.79 Å². The number of Topliss-reactive ketones (excluding diaryl/α,β-unsaturated/α-hetero) is 1. The summed E-state index contributed by atoms with van der Waals surface area (Å²) in [5, 5.41) is 1.00. The van der Waals surface area contributed by atoms with Crippen LogP contribution in [0, 0.1) is 5.92 Å². The van der Waals surface area contributed by atoms with Gasteiger partial charge in [0.2, 0.25) is 0 Å². The third-order valence-electron chi connectivity index (χ3n) is 4.28. The number of H-pyrrole nitrogens is 1. The number of aromatic nitrogens is 1. The van der Waals surface area contributed by atoms with Crippen LogP contribution >= 0.6 is 15.9 Å². The lowest BCUT2D eigenvalue weighted by Gasteiger charge is -2.01. The molecule has 2 unspecified atom stereocenters. The first kappa shape index (κ1) is 12.8. The Morgan fingerprint density at radius 3 is 2.71 bits per heavy atom. The fourth-order valence-corrected chi connectivity index (χ4v) is 3.67. The maximum Gasteiger partial charge on any atom is 0.168 e. The first-order chi connectivity index (χ1) is 10.3. The van der Waals surface area contributed by atoms with Gasteiger partial charge in [0.1, 0.15) is 0 Å². The smallest absolute Gasteiger partial charge is 0.168 e. The molecule has 3 aromatic rings. The Morgan fingerprint density at radius 1 is 1.10 bits per heavy atom. The lowest BCUT2D eigenvalue weighted by atomic mass is 10.0. The molecule has 1 fully saturated rings. The monoisotopic (exact) mass is 339 g/mol. The lowest BCUT2D eigenvalue weighted by Crippen LogP contribution is -2.02. The van der Waals surface area contributed by atoms with Gasteiger partial charge in [0.15, 0.2) is 5.78 Å². The van der Waals surface area contributed by atoms with Crippen molar-refractivity contribution in [2.75, 3.05) is 0 Å². The number of hydrogen-bond donors (Lipinski definition) is 1. The van der Waals surface area contributed by atoms with Crippen molar-refractivity contribution in [2.45, 2.75) is 12.3 Å². The van der Waals surface area contributed by atoms with Crippen LogP contribution in [-0.4, -0.2) is 10.8 Å². The first-order valence-electron chi connectivity index (χ1n) is 7.10. The van der Waals surface area contributed by atoms with Gasteiger partial charge in [-0.1, -0.05) is 52.3 Å². The molecule has 1 saturated carbocycles. The van der Waals surface area contributed by atoms with Crippen molar-refractivity contribution >= 4 is 32.6 Å². The molecular formula is C18H14BrNO. The zero-order valence-corrected chi connectivity index (χ0v) is 12.9. The van der Waals surface area contributed by atoms with Gasteiger partial charge in [-0.05, 0) is 30.0 Å². The van der Waals surface area contributed by atoms with Crippen molar-refractivity contribution in [2.24, 2.45) is 5.92 Å². The van der Waals surface area contributed by atoms with E-state index >= 15 is 0 Å². The largest absolute Gasteiger partial charge is 0.360 e. The molecule has 2 atom stereocenters. The predicted molar refractivity (Wildman–Crippen MR) is 87.6 cm³/mol. The Kier molecular flexibility index (Phi) is 2.96. The number of rotatable bonds is 3. The molecule has 0 amide bonds. The van der Waals surface area contributed by atoms with Crippen LogP contribution in [0.25, 0.3) is 10.9 Å². The van der Waals surface area contributed by atoms with E-state index < -0.39 is 0 Å². The number of halogens is 1. The minimum atomic E-state index is 0.124. The molecule has 0 saturated heterocycles. The Hall–Kier alpha value is -1.87. The highest BCUT2D eigenvalue weighted by Crippen LogP contribution is 2.49. The number of hydrogen-bond acceptors (Lipinski definition) is 1. The van der Waals surface area contributed by atoms with E-state index in [1.807, 2.05) is 42.6 Å². The van der Waals surface area contributed by atoms with Crippen molar-refractivity contribution in [1.82, 2.24) is 4.98 Å². The van der Waals surface area contributed by atoms with Gasteiger partial charge in [0, 0.05) is 33.1 Å². The van der Waals surface area contributed by atoms with Crippen LogP contribution in [0.3, 0.4) is 0 Å². The van der Waals surface area contributed by atoms with Crippen molar-refractivity contribution in [3.63, 3.8) is 0 Å². The standard InChI is InChI=1S/C18H14BrNO/c19-15-7-4-8-16-17(15)14(10-20-16)18(21)13-9-12(13)11-5-2-1-3-6-11/h1-8,10,12-13,20H,9H2. The molecule has 4 rings (SSSR count). The average Bonchev–Trinajstić information content (AvgIpc) is 3.20. The molecule has 21 heavy (non-hydrogen) atoms. The number of fused-ring (bicyclic) bond motifs is 1. The van der Waals surface area contributed by atoms with Gasteiger partial charge < -0.3 is 4.98 Å².